The third-order valence-corrected chi connectivity index (χ3v) is 2.63. The van der Waals surface area contributed by atoms with Gasteiger partial charge in [0.2, 0.25) is 0 Å². The molecule has 0 rings (SSSR count). The van der Waals surface area contributed by atoms with Crippen molar-refractivity contribution in [2.45, 2.75) is 39.7 Å². The number of aliphatic hydroxyl groups excluding tert-OH is 1. The number of aliphatic carboxylic acids is 1. The van der Waals surface area contributed by atoms with E-state index in [4.69, 9.17) is 10.2 Å². The minimum atomic E-state index is -0.854. The highest BCUT2D eigenvalue weighted by Gasteiger charge is 2.11. The molecule has 0 saturated carbocycles. The van der Waals surface area contributed by atoms with Gasteiger partial charge in [-0.1, -0.05) is 26.8 Å². The molecule has 3 N–H and O–H groups in total. The molecule has 1 unspecified atom stereocenters. The first-order valence-corrected chi connectivity index (χ1v) is 5.79. The van der Waals surface area contributed by atoms with Crippen molar-refractivity contribution in [2.24, 2.45) is 5.92 Å². The number of hydrogen-bond acceptors (Lipinski definition) is 3. The summed E-state index contributed by atoms with van der Waals surface area (Å²) in [5.41, 5.74) is 0.430. The Balaban J connectivity index is 4.15. The van der Waals surface area contributed by atoms with Gasteiger partial charge in [0.1, 0.15) is 0 Å². The zero-order valence-electron chi connectivity index (χ0n) is 10.4. The van der Waals surface area contributed by atoms with Crippen LogP contribution in [0.5, 0.6) is 0 Å². The Hall–Kier alpha value is -0.870. The maximum Gasteiger partial charge on any atom is 0.331 e. The van der Waals surface area contributed by atoms with Crippen molar-refractivity contribution in [2.75, 3.05) is 13.2 Å². The standard InChI is InChI=1S/C12H23NO3/c1-4-10(12(15)16)5-7-13-11(6-8-14)9(2)3/h5,9,11,13-14H,4,6-8H2,1-3H3,(H,15,16). The molecular formula is C12H23NO3. The van der Waals surface area contributed by atoms with Crippen molar-refractivity contribution in [3.63, 3.8) is 0 Å². The Bertz CT molecular complexity index is 236. The average molecular weight is 229 g/mol. The summed E-state index contributed by atoms with van der Waals surface area (Å²) in [4.78, 5) is 10.7. The van der Waals surface area contributed by atoms with E-state index in [1.165, 1.54) is 0 Å². The second-order valence-electron chi connectivity index (χ2n) is 4.16. The van der Waals surface area contributed by atoms with E-state index < -0.39 is 5.97 Å². The summed E-state index contributed by atoms with van der Waals surface area (Å²) in [7, 11) is 0. The minimum Gasteiger partial charge on any atom is -0.478 e. The number of carboxylic acid groups (broad SMARTS) is 1. The number of nitrogens with one attached hydrogen (secondary N) is 1. The van der Waals surface area contributed by atoms with Crippen LogP contribution in [0.1, 0.15) is 33.6 Å². The van der Waals surface area contributed by atoms with Gasteiger partial charge < -0.3 is 15.5 Å². The molecule has 4 nitrogen and oxygen atoms in total. The summed E-state index contributed by atoms with van der Waals surface area (Å²) in [6, 6.07) is 0.230. The lowest BCUT2D eigenvalue weighted by Gasteiger charge is -2.20. The highest BCUT2D eigenvalue weighted by molar-refractivity contribution is 5.86. The average Bonchev–Trinajstić information content (AvgIpc) is 2.21. The van der Waals surface area contributed by atoms with Gasteiger partial charge in [-0.15, -0.1) is 0 Å². The van der Waals surface area contributed by atoms with Gasteiger partial charge in [0.25, 0.3) is 0 Å². The number of rotatable bonds is 8. The maximum atomic E-state index is 10.7. The summed E-state index contributed by atoms with van der Waals surface area (Å²) in [6.07, 6.45) is 2.93. The van der Waals surface area contributed by atoms with Crippen molar-refractivity contribution < 1.29 is 15.0 Å². The van der Waals surface area contributed by atoms with Crippen molar-refractivity contribution in [1.29, 1.82) is 0 Å². The van der Waals surface area contributed by atoms with Crippen molar-refractivity contribution in [3.05, 3.63) is 11.6 Å². The van der Waals surface area contributed by atoms with Crippen LogP contribution in [0, 0.1) is 5.92 Å². The Kier molecular flexibility index (Phi) is 7.85. The van der Waals surface area contributed by atoms with E-state index >= 15 is 0 Å². The predicted octanol–water partition coefficient (Wildman–Crippen LogP) is 1.40. The molecule has 0 amide bonds. The fourth-order valence-electron chi connectivity index (χ4n) is 1.53. The largest absolute Gasteiger partial charge is 0.478 e. The van der Waals surface area contributed by atoms with E-state index in [1.807, 2.05) is 6.92 Å². The zero-order chi connectivity index (χ0) is 12.6. The maximum absolute atomic E-state index is 10.7. The van der Waals surface area contributed by atoms with Crippen LogP contribution in [0.3, 0.4) is 0 Å². The van der Waals surface area contributed by atoms with Gasteiger partial charge in [0.15, 0.2) is 0 Å². The lowest BCUT2D eigenvalue weighted by atomic mass is 10.0. The van der Waals surface area contributed by atoms with Gasteiger partial charge in [0.05, 0.1) is 0 Å². The third-order valence-electron chi connectivity index (χ3n) is 2.63. The molecule has 4 heteroatoms. The van der Waals surface area contributed by atoms with Crippen LogP contribution >= 0.6 is 0 Å². The Labute approximate surface area is 97.4 Å². The van der Waals surface area contributed by atoms with Gasteiger partial charge in [-0.2, -0.15) is 0 Å². The smallest absolute Gasteiger partial charge is 0.331 e. The SMILES string of the molecule is CCC(=CCNC(CCO)C(C)C)C(=O)O. The number of carbonyl (C=O) groups is 1. The molecular weight excluding hydrogens is 206 g/mol. The quantitative estimate of drug-likeness (QED) is 0.550. The summed E-state index contributed by atoms with van der Waals surface area (Å²) >= 11 is 0. The van der Waals surface area contributed by atoms with Gasteiger partial charge >= 0.3 is 5.97 Å². The lowest BCUT2D eigenvalue weighted by Crippen LogP contribution is -2.35. The monoisotopic (exact) mass is 229 g/mol. The second-order valence-corrected chi connectivity index (χ2v) is 4.16. The molecule has 0 aromatic heterocycles. The first-order valence-electron chi connectivity index (χ1n) is 5.79. The van der Waals surface area contributed by atoms with Crippen molar-refractivity contribution >= 4 is 5.97 Å². The van der Waals surface area contributed by atoms with Crippen LogP contribution in [-0.4, -0.2) is 35.4 Å². The summed E-state index contributed by atoms with van der Waals surface area (Å²) < 4.78 is 0. The van der Waals surface area contributed by atoms with Crippen molar-refractivity contribution in [3.8, 4) is 0 Å². The van der Waals surface area contributed by atoms with E-state index in [-0.39, 0.29) is 12.6 Å². The molecule has 0 saturated heterocycles. The van der Waals surface area contributed by atoms with E-state index in [2.05, 4.69) is 19.2 Å². The van der Waals surface area contributed by atoms with Gasteiger partial charge in [-0.05, 0) is 18.8 Å². The molecule has 0 aliphatic carbocycles. The molecule has 0 heterocycles. The Morgan fingerprint density at radius 2 is 2.06 bits per heavy atom. The van der Waals surface area contributed by atoms with Crippen LogP contribution < -0.4 is 5.32 Å². The summed E-state index contributed by atoms with van der Waals surface area (Å²) in [6.45, 7) is 6.68. The van der Waals surface area contributed by atoms with Crippen LogP contribution in [0.25, 0.3) is 0 Å². The zero-order valence-corrected chi connectivity index (χ0v) is 10.4. The van der Waals surface area contributed by atoms with Gasteiger partial charge in [-0.3, -0.25) is 0 Å². The lowest BCUT2D eigenvalue weighted by molar-refractivity contribution is -0.132. The molecule has 0 bridgehead atoms. The summed E-state index contributed by atoms with van der Waals surface area (Å²) in [5, 5.41) is 20.9. The first kappa shape index (κ1) is 15.1. The first-order chi connectivity index (χ1) is 7.52. The molecule has 0 aliphatic heterocycles. The number of carboxylic acids is 1. The van der Waals surface area contributed by atoms with Crippen LogP contribution in [0.4, 0.5) is 0 Å². The van der Waals surface area contributed by atoms with Crippen LogP contribution in [0.2, 0.25) is 0 Å². The molecule has 0 fully saturated rings. The van der Waals surface area contributed by atoms with E-state index in [0.29, 0.717) is 30.9 Å². The molecule has 94 valence electrons. The fraction of sp³-hybridized carbons (Fsp3) is 0.750. The van der Waals surface area contributed by atoms with Gasteiger partial charge in [0, 0.05) is 24.8 Å². The fourth-order valence-corrected chi connectivity index (χ4v) is 1.53. The van der Waals surface area contributed by atoms with Crippen LogP contribution in [-0.2, 0) is 4.79 Å². The van der Waals surface area contributed by atoms with Crippen LogP contribution in [0.15, 0.2) is 11.6 Å². The predicted molar refractivity (Wildman–Crippen MR) is 64.3 cm³/mol. The normalized spacial score (nSPS) is 14.2. The third kappa shape index (κ3) is 5.88. The molecule has 16 heavy (non-hydrogen) atoms. The molecule has 0 radical (unpaired) electrons. The Morgan fingerprint density at radius 1 is 1.44 bits per heavy atom. The van der Waals surface area contributed by atoms with Crippen molar-refractivity contribution in [1.82, 2.24) is 5.32 Å². The molecule has 1 atom stereocenters. The topological polar surface area (TPSA) is 69.6 Å². The second kappa shape index (κ2) is 8.30. The van der Waals surface area contributed by atoms with E-state index in [0.717, 1.165) is 0 Å². The van der Waals surface area contributed by atoms with Gasteiger partial charge in [-0.25, -0.2) is 4.79 Å². The molecule has 0 aromatic rings. The summed E-state index contributed by atoms with van der Waals surface area (Å²) in [5.74, 6) is -0.428. The van der Waals surface area contributed by atoms with E-state index in [9.17, 15) is 4.79 Å². The Morgan fingerprint density at radius 3 is 2.44 bits per heavy atom. The minimum absolute atomic E-state index is 0.152. The molecule has 0 spiro atoms. The molecule has 0 aliphatic rings. The van der Waals surface area contributed by atoms with E-state index in [1.54, 1.807) is 6.08 Å². The number of aliphatic hydroxyl groups is 1. The molecule has 0 aromatic carbocycles. The highest BCUT2D eigenvalue weighted by Crippen LogP contribution is 2.06. The number of hydrogen-bond donors (Lipinski definition) is 3. The highest BCUT2D eigenvalue weighted by atomic mass is 16.4.